The Kier molecular flexibility index (Phi) is 4.83. The van der Waals surface area contributed by atoms with Gasteiger partial charge in [-0.25, -0.2) is 9.97 Å². The van der Waals surface area contributed by atoms with Crippen LogP contribution < -0.4 is 9.64 Å². The molecule has 3 heterocycles. The highest BCUT2D eigenvalue weighted by Crippen LogP contribution is 2.34. The zero-order valence-electron chi connectivity index (χ0n) is 17.3. The third-order valence-corrected chi connectivity index (χ3v) is 5.59. The van der Waals surface area contributed by atoms with Gasteiger partial charge in [0.25, 0.3) is 0 Å². The third-order valence-electron chi connectivity index (χ3n) is 5.59. The molecule has 6 nitrogen and oxygen atoms in total. The molecule has 0 unspecified atom stereocenters. The van der Waals surface area contributed by atoms with Gasteiger partial charge < -0.3 is 14.1 Å². The van der Waals surface area contributed by atoms with Gasteiger partial charge in [0, 0.05) is 24.2 Å². The Morgan fingerprint density at radius 2 is 1.77 bits per heavy atom. The van der Waals surface area contributed by atoms with Gasteiger partial charge in [0.15, 0.2) is 11.6 Å². The second kappa shape index (κ2) is 7.78. The van der Waals surface area contributed by atoms with E-state index in [1.165, 1.54) is 6.42 Å². The molecule has 0 aliphatic carbocycles. The number of ether oxygens (including phenoxy) is 1. The average Bonchev–Trinajstić information content (AvgIpc) is 3.23. The molecule has 1 saturated heterocycles. The van der Waals surface area contributed by atoms with Crippen LogP contribution in [0.25, 0.3) is 34.1 Å². The van der Waals surface area contributed by atoms with Crippen LogP contribution in [-0.4, -0.2) is 35.2 Å². The number of rotatable bonds is 4. The van der Waals surface area contributed by atoms with Crippen LogP contribution in [0.15, 0.2) is 52.9 Å². The lowest BCUT2D eigenvalue weighted by atomic mass is 10.1. The van der Waals surface area contributed by atoms with E-state index >= 15 is 0 Å². The highest BCUT2D eigenvalue weighted by Gasteiger charge is 2.23. The molecular formula is C24H24N4O2. The first kappa shape index (κ1) is 18.6. The van der Waals surface area contributed by atoms with Crippen molar-refractivity contribution in [2.24, 2.45) is 0 Å². The van der Waals surface area contributed by atoms with Gasteiger partial charge in [-0.15, -0.1) is 0 Å². The fourth-order valence-corrected chi connectivity index (χ4v) is 3.95. The van der Waals surface area contributed by atoms with Crippen molar-refractivity contribution in [3.8, 4) is 28.6 Å². The number of aromatic nitrogens is 3. The normalized spacial score (nSPS) is 14.3. The maximum atomic E-state index is 6.25. The van der Waals surface area contributed by atoms with Gasteiger partial charge in [0.05, 0.1) is 7.11 Å². The lowest BCUT2D eigenvalue weighted by Crippen LogP contribution is -2.30. The molecule has 152 valence electrons. The molecule has 1 aliphatic heterocycles. The summed E-state index contributed by atoms with van der Waals surface area (Å²) < 4.78 is 11.6. The molecule has 2 aromatic carbocycles. The molecular weight excluding hydrogens is 376 g/mol. The third kappa shape index (κ3) is 3.38. The Bertz CT molecular complexity index is 1200. The summed E-state index contributed by atoms with van der Waals surface area (Å²) in [5, 5.41) is 0. The predicted molar refractivity (Wildman–Crippen MR) is 118 cm³/mol. The number of methoxy groups -OCH3 is 1. The van der Waals surface area contributed by atoms with Gasteiger partial charge in [0.2, 0.25) is 17.1 Å². The number of anilines is 1. The van der Waals surface area contributed by atoms with E-state index in [-0.39, 0.29) is 0 Å². The van der Waals surface area contributed by atoms with Crippen LogP contribution in [0.5, 0.6) is 5.75 Å². The lowest BCUT2D eigenvalue weighted by Gasteiger charge is -2.27. The Morgan fingerprint density at radius 1 is 0.933 bits per heavy atom. The number of hydrogen-bond donors (Lipinski definition) is 0. The Morgan fingerprint density at radius 3 is 2.57 bits per heavy atom. The summed E-state index contributed by atoms with van der Waals surface area (Å²) in [6, 6.07) is 15.9. The molecule has 0 spiro atoms. The monoisotopic (exact) mass is 400 g/mol. The quantitative estimate of drug-likeness (QED) is 0.466. The van der Waals surface area contributed by atoms with Crippen LogP contribution in [0.2, 0.25) is 0 Å². The van der Waals surface area contributed by atoms with E-state index in [4.69, 9.17) is 24.1 Å². The molecule has 5 rings (SSSR count). The second-order valence-corrected chi connectivity index (χ2v) is 7.64. The topological polar surface area (TPSA) is 64.3 Å². The first-order valence-corrected chi connectivity index (χ1v) is 10.4. The van der Waals surface area contributed by atoms with Gasteiger partial charge in [-0.2, -0.15) is 4.98 Å². The molecule has 0 N–H and O–H groups in total. The van der Waals surface area contributed by atoms with E-state index in [0.29, 0.717) is 22.9 Å². The highest BCUT2D eigenvalue weighted by atomic mass is 16.5. The summed E-state index contributed by atoms with van der Waals surface area (Å²) in [6.45, 7) is 3.98. The van der Waals surface area contributed by atoms with Crippen LogP contribution in [0.3, 0.4) is 0 Å². The minimum Gasteiger partial charge on any atom is -0.497 e. The first-order chi connectivity index (χ1) is 14.7. The van der Waals surface area contributed by atoms with Crippen LogP contribution in [0.1, 0.15) is 24.8 Å². The number of hydrogen-bond acceptors (Lipinski definition) is 6. The number of fused-ring (bicyclic) bond motifs is 1. The van der Waals surface area contributed by atoms with E-state index < -0.39 is 0 Å². The summed E-state index contributed by atoms with van der Waals surface area (Å²) in [4.78, 5) is 16.7. The standard InChI is InChI=1S/C24H24N4O2/c1-16-9-4-5-12-19(16)24-27-22-20(30-24)23(28-13-6-3-7-14-28)26-21(25-22)17-10-8-11-18(15-17)29-2/h4-5,8-12,15H,3,6-7,13-14H2,1-2H3. The van der Waals surface area contributed by atoms with Gasteiger partial charge in [-0.05, 0) is 49.9 Å². The second-order valence-electron chi connectivity index (χ2n) is 7.64. The highest BCUT2D eigenvalue weighted by molar-refractivity contribution is 5.85. The number of oxazole rings is 1. The van der Waals surface area contributed by atoms with Crippen molar-refractivity contribution in [2.45, 2.75) is 26.2 Å². The van der Waals surface area contributed by atoms with Crippen molar-refractivity contribution >= 4 is 17.0 Å². The van der Waals surface area contributed by atoms with E-state index in [0.717, 1.165) is 54.2 Å². The van der Waals surface area contributed by atoms with Gasteiger partial charge in [-0.3, -0.25) is 0 Å². The predicted octanol–water partition coefficient (Wildman–Crippen LogP) is 5.26. The Balaban J connectivity index is 1.69. The molecule has 0 amide bonds. The minimum absolute atomic E-state index is 0.582. The van der Waals surface area contributed by atoms with Crippen LogP contribution >= 0.6 is 0 Å². The van der Waals surface area contributed by atoms with Crippen LogP contribution in [0, 0.1) is 6.92 Å². The van der Waals surface area contributed by atoms with Crippen molar-refractivity contribution in [3.05, 3.63) is 54.1 Å². The molecule has 4 aromatic rings. The summed E-state index contributed by atoms with van der Waals surface area (Å²) in [6.07, 6.45) is 3.55. The van der Waals surface area contributed by atoms with Crippen LogP contribution in [0.4, 0.5) is 5.82 Å². The van der Waals surface area contributed by atoms with Crippen molar-refractivity contribution in [2.75, 3.05) is 25.1 Å². The van der Waals surface area contributed by atoms with Crippen molar-refractivity contribution in [1.82, 2.24) is 15.0 Å². The Labute approximate surface area is 175 Å². The van der Waals surface area contributed by atoms with Crippen molar-refractivity contribution in [1.29, 1.82) is 0 Å². The largest absolute Gasteiger partial charge is 0.497 e. The smallest absolute Gasteiger partial charge is 0.229 e. The Hall–Kier alpha value is -3.41. The minimum atomic E-state index is 0.582. The first-order valence-electron chi connectivity index (χ1n) is 10.4. The van der Waals surface area contributed by atoms with E-state index in [1.807, 2.05) is 42.5 Å². The molecule has 0 bridgehead atoms. The molecule has 1 aliphatic rings. The molecule has 6 heteroatoms. The molecule has 2 aromatic heterocycles. The average molecular weight is 400 g/mol. The number of piperidine rings is 1. The maximum Gasteiger partial charge on any atom is 0.229 e. The zero-order valence-corrected chi connectivity index (χ0v) is 17.3. The summed E-state index contributed by atoms with van der Waals surface area (Å²) in [5.74, 6) is 2.81. The fraction of sp³-hybridized carbons (Fsp3) is 0.292. The number of aryl methyl sites for hydroxylation is 1. The SMILES string of the molecule is COc1cccc(-c2nc(N3CCCCC3)c3oc(-c4ccccc4C)nc3n2)c1. The van der Waals surface area contributed by atoms with Crippen molar-refractivity contribution in [3.63, 3.8) is 0 Å². The van der Waals surface area contributed by atoms with Gasteiger partial charge >= 0.3 is 0 Å². The van der Waals surface area contributed by atoms with E-state index in [2.05, 4.69) is 17.9 Å². The maximum absolute atomic E-state index is 6.25. The van der Waals surface area contributed by atoms with Crippen molar-refractivity contribution < 1.29 is 9.15 Å². The van der Waals surface area contributed by atoms with Gasteiger partial charge in [0.1, 0.15) is 5.75 Å². The van der Waals surface area contributed by atoms with E-state index in [1.54, 1.807) is 7.11 Å². The molecule has 0 saturated carbocycles. The fourth-order valence-electron chi connectivity index (χ4n) is 3.95. The number of benzene rings is 2. The summed E-state index contributed by atoms with van der Waals surface area (Å²) in [7, 11) is 1.66. The molecule has 0 atom stereocenters. The lowest BCUT2D eigenvalue weighted by molar-refractivity contribution is 0.415. The van der Waals surface area contributed by atoms with E-state index in [9.17, 15) is 0 Å². The number of nitrogens with zero attached hydrogens (tertiary/aromatic N) is 4. The zero-order chi connectivity index (χ0) is 20.5. The summed E-state index contributed by atoms with van der Waals surface area (Å²) in [5.41, 5.74) is 4.23. The van der Waals surface area contributed by atoms with Gasteiger partial charge in [-0.1, -0.05) is 30.3 Å². The summed E-state index contributed by atoms with van der Waals surface area (Å²) >= 11 is 0. The molecule has 30 heavy (non-hydrogen) atoms. The molecule has 0 radical (unpaired) electrons. The molecule has 1 fully saturated rings. The van der Waals surface area contributed by atoms with Crippen LogP contribution in [-0.2, 0) is 0 Å².